The molecule has 14 heavy (non-hydrogen) atoms. The van der Waals surface area contributed by atoms with Gasteiger partial charge in [-0.15, -0.1) is 0 Å². The van der Waals surface area contributed by atoms with E-state index < -0.39 is 0 Å². The van der Waals surface area contributed by atoms with Crippen LogP contribution >= 0.6 is 11.8 Å². The summed E-state index contributed by atoms with van der Waals surface area (Å²) in [6.07, 6.45) is 1.80. The third kappa shape index (κ3) is 1.92. The van der Waals surface area contributed by atoms with Crippen LogP contribution in [-0.2, 0) is 7.05 Å². The Bertz CT molecular complexity index is 331. The van der Waals surface area contributed by atoms with Gasteiger partial charge in [0.05, 0.1) is 0 Å². The van der Waals surface area contributed by atoms with E-state index in [0.717, 1.165) is 24.6 Å². The number of thioether (sulfide) groups is 1. The highest BCUT2D eigenvalue weighted by Gasteiger charge is 2.19. The van der Waals surface area contributed by atoms with Crippen molar-refractivity contribution in [1.82, 2.24) is 14.7 Å². The Morgan fingerprint density at radius 3 is 2.79 bits per heavy atom. The summed E-state index contributed by atoms with van der Waals surface area (Å²) in [4.78, 5) is 13.7. The molecule has 0 atom stereocenters. The number of aryl methyl sites for hydroxylation is 1. The molecule has 0 bridgehead atoms. The molecule has 1 saturated heterocycles. The molecule has 1 fully saturated rings. The molecule has 0 N–H and O–H groups in total. The van der Waals surface area contributed by atoms with Crippen LogP contribution in [0.15, 0.2) is 12.3 Å². The van der Waals surface area contributed by atoms with E-state index >= 15 is 0 Å². The highest BCUT2D eigenvalue weighted by Crippen LogP contribution is 2.11. The minimum atomic E-state index is 0.0610. The molecule has 4 nitrogen and oxygen atoms in total. The number of carbonyl (C=O) groups is 1. The second-order valence-electron chi connectivity index (χ2n) is 3.28. The lowest BCUT2D eigenvalue weighted by Crippen LogP contribution is -2.38. The molecular weight excluding hydrogens is 198 g/mol. The van der Waals surface area contributed by atoms with Crippen LogP contribution in [-0.4, -0.2) is 45.2 Å². The van der Waals surface area contributed by atoms with E-state index in [4.69, 9.17) is 0 Å². The third-order valence-electron chi connectivity index (χ3n) is 2.23. The van der Waals surface area contributed by atoms with Gasteiger partial charge in [-0.25, -0.2) is 0 Å². The van der Waals surface area contributed by atoms with E-state index in [1.807, 2.05) is 23.7 Å². The number of carbonyl (C=O) groups excluding carboxylic acids is 1. The molecule has 5 heteroatoms. The standard InChI is InChI=1S/C9H13N3OS/c1-11-3-2-8(10-11)9(13)12-4-6-14-7-5-12/h2-3H,4-7H2,1H3. The number of nitrogens with zero attached hydrogens (tertiary/aromatic N) is 3. The van der Waals surface area contributed by atoms with Gasteiger partial charge in [0.1, 0.15) is 5.69 Å². The molecule has 0 spiro atoms. The average molecular weight is 211 g/mol. The lowest BCUT2D eigenvalue weighted by atomic mass is 10.3. The van der Waals surface area contributed by atoms with Crippen LogP contribution < -0.4 is 0 Å². The van der Waals surface area contributed by atoms with E-state index in [9.17, 15) is 4.79 Å². The lowest BCUT2D eigenvalue weighted by Gasteiger charge is -2.25. The highest BCUT2D eigenvalue weighted by molar-refractivity contribution is 7.99. The van der Waals surface area contributed by atoms with E-state index in [0.29, 0.717) is 5.69 Å². The zero-order chi connectivity index (χ0) is 9.97. The van der Waals surface area contributed by atoms with Crippen LogP contribution in [0.2, 0.25) is 0 Å². The van der Waals surface area contributed by atoms with Crippen molar-refractivity contribution in [3.8, 4) is 0 Å². The van der Waals surface area contributed by atoms with Crippen molar-refractivity contribution in [3.63, 3.8) is 0 Å². The largest absolute Gasteiger partial charge is 0.336 e. The molecule has 76 valence electrons. The van der Waals surface area contributed by atoms with Crippen molar-refractivity contribution in [1.29, 1.82) is 0 Å². The molecule has 1 amide bonds. The van der Waals surface area contributed by atoms with Crippen molar-refractivity contribution in [3.05, 3.63) is 18.0 Å². The van der Waals surface area contributed by atoms with Gasteiger partial charge in [0, 0.05) is 37.8 Å². The molecule has 1 aliphatic rings. The fourth-order valence-corrected chi connectivity index (χ4v) is 2.36. The molecule has 2 rings (SSSR count). The van der Waals surface area contributed by atoms with Crippen LogP contribution in [0.3, 0.4) is 0 Å². The van der Waals surface area contributed by atoms with Gasteiger partial charge in [-0.3, -0.25) is 9.48 Å². The van der Waals surface area contributed by atoms with Gasteiger partial charge in [0.15, 0.2) is 0 Å². The maximum atomic E-state index is 11.9. The molecule has 1 aliphatic heterocycles. The van der Waals surface area contributed by atoms with E-state index in [1.54, 1.807) is 16.9 Å². The SMILES string of the molecule is Cn1ccc(C(=O)N2CCSCC2)n1. The first-order chi connectivity index (χ1) is 6.77. The summed E-state index contributed by atoms with van der Waals surface area (Å²) in [6, 6.07) is 1.77. The maximum absolute atomic E-state index is 11.9. The van der Waals surface area contributed by atoms with Gasteiger partial charge in [-0.1, -0.05) is 0 Å². The maximum Gasteiger partial charge on any atom is 0.274 e. The van der Waals surface area contributed by atoms with Crippen LogP contribution in [0.1, 0.15) is 10.5 Å². The van der Waals surface area contributed by atoms with Crippen molar-refractivity contribution in [2.24, 2.45) is 7.05 Å². The van der Waals surface area contributed by atoms with Gasteiger partial charge >= 0.3 is 0 Å². The van der Waals surface area contributed by atoms with Crippen LogP contribution in [0.4, 0.5) is 0 Å². The quantitative estimate of drug-likeness (QED) is 0.683. The second kappa shape index (κ2) is 4.04. The summed E-state index contributed by atoms with van der Waals surface area (Å²) in [5.41, 5.74) is 0.555. The monoisotopic (exact) mass is 211 g/mol. The predicted molar refractivity (Wildman–Crippen MR) is 56.4 cm³/mol. The van der Waals surface area contributed by atoms with Crippen molar-refractivity contribution < 1.29 is 4.79 Å². The average Bonchev–Trinajstić information content (AvgIpc) is 2.65. The smallest absolute Gasteiger partial charge is 0.274 e. The van der Waals surface area contributed by atoms with Crippen LogP contribution in [0.25, 0.3) is 0 Å². The predicted octanol–water partition coefficient (Wildman–Crippen LogP) is 0.609. The van der Waals surface area contributed by atoms with Gasteiger partial charge in [-0.05, 0) is 6.07 Å². The molecule has 0 aromatic carbocycles. The first-order valence-corrected chi connectivity index (χ1v) is 5.79. The Morgan fingerprint density at radius 2 is 2.21 bits per heavy atom. The summed E-state index contributed by atoms with van der Waals surface area (Å²) in [6.45, 7) is 1.69. The minimum absolute atomic E-state index is 0.0610. The second-order valence-corrected chi connectivity index (χ2v) is 4.50. The fourth-order valence-electron chi connectivity index (χ4n) is 1.46. The fraction of sp³-hybridized carbons (Fsp3) is 0.556. The van der Waals surface area contributed by atoms with Gasteiger partial charge in [0.2, 0.25) is 0 Å². The minimum Gasteiger partial charge on any atom is -0.336 e. The summed E-state index contributed by atoms with van der Waals surface area (Å²) < 4.78 is 1.66. The van der Waals surface area contributed by atoms with Crippen LogP contribution in [0, 0.1) is 0 Å². The highest BCUT2D eigenvalue weighted by atomic mass is 32.2. The molecule has 0 aliphatic carbocycles. The normalized spacial score (nSPS) is 17.1. The number of hydrogen-bond donors (Lipinski definition) is 0. The first kappa shape index (κ1) is 9.58. The number of hydrogen-bond acceptors (Lipinski definition) is 3. The molecule has 0 saturated carbocycles. The van der Waals surface area contributed by atoms with Gasteiger partial charge in [0.25, 0.3) is 5.91 Å². The van der Waals surface area contributed by atoms with E-state index in [2.05, 4.69) is 5.10 Å². The first-order valence-electron chi connectivity index (χ1n) is 4.64. The Kier molecular flexibility index (Phi) is 2.77. The molecule has 0 unspecified atom stereocenters. The summed E-state index contributed by atoms with van der Waals surface area (Å²) in [7, 11) is 1.82. The third-order valence-corrected chi connectivity index (χ3v) is 3.17. The molecule has 2 heterocycles. The Balaban J connectivity index is 2.07. The van der Waals surface area contributed by atoms with Gasteiger partial charge in [-0.2, -0.15) is 16.9 Å². The van der Waals surface area contributed by atoms with E-state index in [-0.39, 0.29) is 5.91 Å². The summed E-state index contributed by atoms with van der Waals surface area (Å²) in [5.74, 6) is 2.14. The number of aromatic nitrogens is 2. The Hall–Kier alpha value is -0.970. The van der Waals surface area contributed by atoms with Gasteiger partial charge < -0.3 is 4.90 Å². The zero-order valence-electron chi connectivity index (χ0n) is 8.14. The molecule has 1 aromatic heterocycles. The van der Waals surface area contributed by atoms with Crippen molar-refractivity contribution in [2.45, 2.75) is 0 Å². The summed E-state index contributed by atoms with van der Waals surface area (Å²) in [5, 5.41) is 4.10. The lowest BCUT2D eigenvalue weighted by molar-refractivity contribution is 0.0765. The Labute approximate surface area is 87.3 Å². The van der Waals surface area contributed by atoms with E-state index in [1.165, 1.54) is 0 Å². The molecular formula is C9H13N3OS. The van der Waals surface area contributed by atoms with Crippen LogP contribution in [0.5, 0.6) is 0 Å². The Morgan fingerprint density at radius 1 is 1.50 bits per heavy atom. The van der Waals surface area contributed by atoms with Crippen molar-refractivity contribution >= 4 is 17.7 Å². The number of rotatable bonds is 1. The zero-order valence-corrected chi connectivity index (χ0v) is 8.96. The molecule has 0 radical (unpaired) electrons. The molecule has 1 aromatic rings. The number of amides is 1. The topological polar surface area (TPSA) is 38.1 Å². The summed E-state index contributed by atoms with van der Waals surface area (Å²) >= 11 is 1.90. The van der Waals surface area contributed by atoms with Crippen molar-refractivity contribution in [2.75, 3.05) is 24.6 Å².